The van der Waals surface area contributed by atoms with Gasteiger partial charge in [0.05, 0.1) is 25.6 Å². The number of anilines is 1. The molecule has 3 rings (SSSR count). The van der Waals surface area contributed by atoms with E-state index in [-0.39, 0.29) is 17.1 Å². The van der Waals surface area contributed by atoms with Gasteiger partial charge in [0.2, 0.25) is 5.95 Å². The van der Waals surface area contributed by atoms with Crippen LogP contribution < -0.4 is 11.3 Å². The lowest BCUT2D eigenvalue weighted by Crippen LogP contribution is -2.42. The van der Waals surface area contributed by atoms with Crippen molar-refractivity contribution in [2.75, 3.05) is 18.9 Å². The molecule has 0 amide bonds. The molecule has 1 aliphatic rings. The van der Waals surface area contributed by atoms with Gasteiger partial charge in [0.1, 0.15) is 5.60 Å². The maximum Gasteiger partial charge on any atom is 0.490 e. The van der Waals surface area contributed by atoms with Gasteiger partial charge in [-0.25, -0.2) is 18.7 Å². The van der Waals surface area contributed by atoms with Crippen LogP contribution in [0.25, 0.3) is 11.2 Å². The molecule has 1 fully saturated rings. The first-order chi connectivity index (χ1) is 15.5. The molecule has 22 heteroatoms. The highest BCUT2D eigenvalue weighted by Crippen LogP contribution is 2.66. The lowest BCUT2D eigenvalue weighted by Gasteiger charge is -2.29. The second-order valence-corrected chi connectivity index (χ2v) is 11.6. The number of hydrogen-bond donors (Lipinski definition) is 8. The Morgan fingerprint density at radius 1 is 1.24 bits per heavy atom. The Balaban J connectivity index is 1.82. The predicted octanol–water partition coefficient (Wildman–Crippen LogP) is -1.70. The highest BCUT2D eigenvalue weighted by Gasteiger charge is 2.54. The predicted molar refractivity (Wildman–Crippen MR) is 107 cm³/mol. The Kier molecular flexibility index (Phi) is 7.27. The Morgan fingerprint density at radius 3 is 2.47 bits per heavy atom. The molecular weight excluding hydrogens is 531 g/mol. The summed E-state index contributed by atoms with van der Waals surface area (Å²) in [4.78, 5) is 58.0. The van der Waals surface area contributed by atoms with E-state index < -0.39 is 66.1 Å². The molecule has 0 aromatic carbocycles. The van der Waals surface area contributed by atoms with E-state index in [0.717, 1.165) is 10.9 Å². The normalized spacial score (nSPS) is 29.2. The fourth-order valence-electron chi connectivity index (χ4n) is 3.35. The van der Waals surface area contributed by atoms with Gasteiger partial charge in [-0.3, -0.25) is 18.9 Å². The van der Waals surface area contributed by atoms with Gasteiger partial charge in [-0.1, -0.05) is 0 Å². The Labute approximate surface area is 188 Å². The van der Waals surface area contributed by atoms with E-state index in [1.807, 2.05) is 0 Å². The zero-order valence-electron chi connectivity index (χ0n) is 16.9. The minimum atomic E-state index is -5.74. The van der Waals surface area contributed by atoms with Crippen molar-refractivity contribution >= 4 is 40.6 Å². The second kappa shape index (κ2) is 9.15. The van der Waals surface area contributed by atoms with E-state index in [9.17, 15) is 38.5 Å². The lowest BCUT2D eigenvalue weighted by molar-refractivity contribution is -0.0893. The molecule has 1 saturated heterocycles. The number of rotatable bonds is 9. The summed E-state index contributed by atoms with van der Waals surface area (Å²) < 4.78 is 52.7. The first-order valence-corrected chi connectivity index (χ1v) is 13.5. The first-order valence-electron chi connectivity index (χ1n) is 8.95. The number of imidazole rings is 1. The quantitative estimate of drug-likeness (QED) is 0.161. The van der Waals surface area contributed by atoms with E-state index in [4.69, 9.17) is 20.3 Å². The van der Waals surface area contributed by atoms with Gasteiger partial charge in [-0.05, 0) is 6.92 Å². The summed E-state index contributed by atoms with van der Waals surface area (Å²) in [5.74, 6) is -1.46. The minimum absolute atomic E-state index is 0.0863. The number of H-pyrrole nitrogens is 1. The molecule has 9 N–H and O–H groups in total. The fraction of sp³-hybridized carbons (Fsp3) is 0.583. The Bertz CT molecular complexity index is 1270. The molecule has 2 aromatic heterocycles. The van der Waals surface area contributed by atoms with Crippen LogP contribution in [0.3, 0.4) is 0 Å². The number of aromatic amines is 1. The van der Waals surface area contributed by atoms with Crippen LogP contribution in [0.5, 0.6) is 0 Å². The molecule has 192 valence electrons. The molecule has 6 atom stereocenters. The molecule has 0 radical (unpaired) electrons. The molecule has 1 aliphatic heterocycles. The monoisotopic (exact) mass is 551 g/mol. The molecule has 0 saturated carbocycles. The van der Waals surface area contributed by atoms with Crippen LogP contribution in [0.2, 0.25) is 0 Å². The SMILES string of the molecule is CC1(O)C(CO)[C@@H](COP(=O)(O)OP(=O)(O)OP(=O)(O)O)O[C@H]1n1cnc2c(=O)[nH]c(N)nc21. The molecule has 4 unspecified atom stereocenters. The maximum absolute atomic E-state index is 12.0. The van der Waals surface area contributed by atoms with Crippen molar-refractivity contribution in [3.8, 4) is 0 Å². The zero-order valence-corrected chi connectivity index (χ0v) is 19.6. The maximum atomic E-state index is 12.0. The Morgan fingerprint density at radius 2 is 1.88 bits per heavy atom. The van der Waals surface area contributed by atoms with Crippen molar-refractivity contribution in [2.24, 2.45) is 5.92 Å². The number of ether oxygens (including phenoxy) is 1. The zero-order chi connectivity index (χ0) is 25.7. The van der Waals surface area contributed by atoms with Crippen LogP contribution in [-0.4, -0.2) is 74.2 Å². The van der Waals surface area contributed by atoms with Gasteiger partial charge in [-0.15, -0.1) is 0 Å². The molecule has 2 aromatic rings. The lowest BCUT2D eigenvalue weighted by atomic mass is 9.87. The van der Waals surface area contributed by atoms with Gasteiger partial charge in [-0.2, -0.15) is 13.6 Å². The number of aliphatic hydroxyl groups excluding tert-OH is 1. The standard InChI is InChI=1S/C12H20N5O14P3/c1-12(20)5(2-18)6(3-28-33(24,25)31-34(26,27)30-32(21,22)23)29-10(12)17-4-14-7-8(17)15-11(13)16-9(7)19/h4-6,10,18,20H,2-3H2,1H3,(H,24,25)(H,26,27)(H2,21,22,23)(H3,13,15,16,19)/t5?,6-,10-,12?/m1/s1. The highest BCUT2D eigenvalue weighted by atomic mass is 31.3. The van der Waals surface area contributed by atoms with E-state index in [2.05, 4.69) is 28.1 Å². The van der Waals surface area contributed by atoms with Crippen molar-refractivity contribution in [3.05, 3.63) is 16.7 Å². The largest absolute Gasteiger partial charge is 0.490 e. The molecule has 19 nitrogen and oxygen atoms in total. The number of nitrogen functional groups attached to an aromatic ring is 1. The van der Waals surface area contributed by atoms with Crippen molar-refractivity contribution in [2.45, 2.75) is 24.9 Å². The molecule has 0 spiro atoms. The van der Waals surface area contributed by atoms with Crippen LogP contribution in [0.4, 0.5) is 5.95 Å². The van der Waals surface area contributed by atoms with E-state index in [1.165, 1.54) is 6.92 Å². The number of aliphatic hydroxyl groups is 2. The summed E-state index contributed by atoms with van der Waals surface area (Å²) in [5.41, 5.74) is 2.71. The number of nitrogens with one attached hydrogen (secondary N) is 1. The molecular formula is C12H20N5O14P3. The third-order valence-electron chi connectivity index (χ3n) is 4.72. The number of fused-ring (bicyclic) bond motifs is 1. The van der Waals surface area contributed by atoms with Crippen LogP contribution >= 0.6 is 23.5 Å². The highest BCUT2D eigenvalue weighted by molar-refractivity contribution is 7.66. The molecule has 3 heterocycles. The summed E-state index contributed by atoms with van der Waals surface area (Å²) in [6.45, 7) is -0.424. The number of phosphoric ester groups is 1. The van der Waals surface area contributed by atoms with Crippen molar-refractivity contribution in [3.63, 3.8) is 0 Å². The molecule has 0 bridgehead atoms. The van der Waals surface area contributed by atoms with Crippen molar-refractivity contribution in [1.82, 2.24) is 19.5 Å². The molecule has 0 aliphatic carbocycles. The number of phosphoric acid groups is 3. The number of aromatic nitrogens is 4. The number of nitrogens with zero attached hydrogens (tertiary/aromatic N) is 3. The summed E-state index contributed by atoms with van der Waals surface area (Å²) in [5, 5.41) is 20.8. The van der Waals surface area contributed by atoms with Crippen LogP contribution in [-0.2, 0) is 31.6 Å². The third kappa shape index (κ3) is 5.80. The topological polar surface area (TPSA) is 299 Å². The summed E-state index contributed by atoms with van der Waals surface area (Å²) in [6, 6.07) is 0. The fourth-order valence-corrected chi connectivity index (χ4v) is 6.38. The summed E-state index contributed by atoms with van der Waals surface area (Å²) in [6.07, 6.45) is -1.63. The van der Waals surface area contributed by atoms with E-state index in [0.29, 0.717) is 0 Å². The van der Waals surface area contributed by atoms with E-state index in [1.54, 1.807) is 0 Å². The third-order valence-corrected chi connectivity index (χ3v) is 8.52. The van der Waals surface area contributed by atoms with Crippen LogP contribution in [0.15, 0.2) is 11.1 Å². The van der Waals surface area contributed by atoms with Gasteiger partial charge in [0, 0.05) is 5.92 Å². The Hall–Kier alpha value is -1.56. The van der Waals surface area contributed by atoms with Crippen LogP contribution in [0.1, 0.15) is 13.2 Å². The van der Waals surface area contributed by atoms with Gasteiger partial charge >= 0.3 is 23.5 Å². The minimum Gasteiger partial charge on any atom is -0.396 e. The van der Waals surface area contributed by atoms with Gasteiger partial charge in [0.15, 0.2) is 17.4 Å². The number of nitrogens with two attached hydrogens (primary N) is 1. The van der Waals surface area contributed by atoms with Gasteiger partial charge < -0.3 is 40.3 Å². The smallest absolute Gasteiger partial charge is 0.396 e. The van der Waals surface area contributed by atoms with Crippen LogP contribution in [0, 0.1) is 5.92 Å². The average molecular weight is 551 g/mol. The first kappa shape index (κ1) is 27.0. The van der Waals surface area contributed by atoms with E-state index >= 15 is 0 Å². The van der Waals surface area contributed by atoms with Crippen molar-refractivity contribution < 1.29 is 61.4 Å². The number of hydrogen-bond acceptors (Lipinski definition) is 13. The molecule has 34 heavy (non-hydrogen) atoms. The van der Waals surface area contributed by atoms with Crippen molar-refractivity contribution in [1.29, 1.82) is 0 Å². The second-order valence-electron chi connectivity index (χ2n) is 7.20. The average Bonchev–Trinajstić information content (AvgIpc) is 3.14. The summed E-state index contributed by atoms with van der Waals surface area (Å²) in [7, 11) is -16.8. The van der Waals surface area contributed by atoms with Gasteiger partial charge in [0.25, 0.3) is 5.56 Å². The summed E-state index contributed by atoms with van der Waals surface area (Å²) >= 11 is 0.